The molecule has 4 heteroatoms. The molecule has 1 saturated carbocycles. The zero-order chi connectivity index (χ0) is 12.5. The lowest BCUT2D eigenvalue weighted by Gasteiger charge is -2.29. The molecule has 0 aromatic heterocycles. The molecule has 0 bridgehead atoms. The normalized spacial score (nSPS) is 17.6. The number of methoxy groups -OCH3 is 2. The van der Waals surface area contributed by atoms with E-state index >= 15 is 0 Å². The number of hydrogen-bond donors (Lipinski definition) is 1. The highest BCUT2D eigenvalue weighted by Crippen LogP contribution is 2.18. The maximum Gasteiger partial charge on any atom is 0.0589 e. The second kappa shape index (κ2) is 8.86. The van der Waals surface area contributed by atoms with Gasteiger partial charge in [0.15, 0.2) is 0 Å². The highest BCUT2D eigenvalue weighted by atomic mass is 16.5. The summed E-state index contributed by atoms with van der Waals surface area (Å²) < 4.78 is 10.3. The van der Waals surface area contributed by atoms with E-state index in [1.807, 2.05) is 0 Å². The van der Waals surface area contributed by atoms with Gasteiger partial charge in [0.25, 0.3) is 0 Å². The van der Waals surface area contributed by atoms with Crippen molar-refractivity contribution in [3.8, 4) is 0 Å². The monoisotopic (exact) mass is 244 g/mol. The SMILES string of the molecule is COCCCN(CCOC)C(C)CNC1CC1. The largest absolute Gasteiger partial charge is 0.385 e. The van der Waals surface area contributed by atoms with Crippen molar-refractivity contribution in [1.82, 2.24) is 10.2 Å². The van der Waals surface area contributed by atoms with Gasteiger partial charge < -0.3 is 14.8 Å². The van der Waals surface area contributed by atoms with Crippen LogP contribution in [0.5, 0.6) is 0 Å². The van der Waals surface area contributed by atoms with Gasteiger partial charge in [-0.25, -0.2) is 0 Å². The van der Waals surface area contributed by atoms with Crippen molar-refractivity contribution in [2.45, 2.75) is 38.3 Å². The van der Waals surface area contributed by atoms with E-state index in [9.17, 15) is 0 Å². The van der Waals surface area contributed by atoms with Crippen LogP contribution in [0.4, 0.5) is 0 Å². The Bertz CT molecular complexity index is 186. The number of rotatable bonds is 11. The maximum absolute atomic E-state index is 5.17. The van der Waals surface area contributed by atoms with Gasteiger partial charge >= 0.3 is 0 Å². The minimum absolute atomic E-state index is 0.572. The molecule has 0 heterocycles. The molecule has 0 aromatic rings. The summed E-state index contributed by atoms with van der Waals surface area (Å²) in [5, 5.41) is 3.59. The molecule has 1 N–H and O–H groups in total. The number of ether oxygens (including phenoxy) is 2. The molecule has 0 aliphatic heterocycles. The first-order chi connectivity index (χ1) is 8.27. The Morgan fingerprint density at radius 3 is 2.47 bits per heavy atom. The molecule has 1 atom stereocenters. The quantitative estimate of drug-likeness (QED) is 0.552. The van der Waals surface area contributed by atoms with Gasteiger partial charge in [0, 0.05) is 52.5 Å². The summed E-state index contributed by atoms with van der Waals surface area (Å²) in [6.07, 6.45) is 3.80. The fraction of sp³-hybridized carbons (Fsp3) is 1.00. The van der Waals surface area contributed by atoms with Crippen molar-refractivity contribution < 1.29 is 9.47 Å². The van der Waals surface area contributed by atoms with Crippen molar-refractivity contribution in [2.24, 2.45) is 0 Å². The lowest BCUT2D eigenvalue weighted by atomic mass is 10.2. The molecule has 1 aliphatic rings. The van der Waals surface area contributed by atoms with Crippen LogP contribution in [0.25, 0.3) is 0 Å². The van der Waals surface area contributed by atoms with Gasteiger partial charge in [0.05, 0.1) is 6.61 Å². The van der Waals surface area contributed by atoms with E-state index in [0.717, 1.165) is 45.3 Å². The van der Waals surface area contributed by atoms with Crippen LogP contribution < -0.4 is 5.32 Å². The molecule has 4 nitrogen and oxygen atoms in total. The summed E-state index contributed by atoms with van der Waals surface area (Å²) in [4.78, 5) is 2.48. The van der Waals surface area contributed by atoms with Gasteiger partial charge in [-0.3, -0.25) is 4.90 Å². The molecular formula is C13H28N2O2. The molecule has 0 saturated heterocycles. The lowest BCUT2D eigenvalue weighted by Crippen LogP contribution is -2.43. The van der Waals surface area contributed by atoms with Gasteiger partial charge in [-0.05, 0) is 26.2 Å². The Morgan fingerprint density at radius 2 is 1.88 bits per heavy atom. The molecule has 1 fully saturated rings. The van der Waals surface area contributed by atoms with Crippen LogP contribution in [0.15, 0.2) is 0 Å². The second-order valence-corrected chi connectivity index (χ2v) is 4.91. The minimum atomic E-state index is 0.572. The standard InChI is InChI=1S/C13H28N2O2/c1-12(11-14-13-5-6-13)15(8-10-17-3)7-4-9-16-2/h12-14H,4-11H2,1-3H3. The fourth-order valence-corrected chi connectivity index (χ4v) is 1.93. The molecule has 1 aliphatic carbocycles. The van der Waals surface area contributed by atoms with E-state index in [4.69, 9.17) is 9.47 Å². The third kappa shape index (κ3) is 6.99. The third-order valence-corrected chi connectivity index (χ3v) is 3.28. The Labute approximate surface area is 106 Å². The summed E-state index contributed by atoms with van der Waals surface area (Å²) >= 11 is 0. The first kappa shape index (κ1) is 14.9. The van der Waals surface area contributed by atoms with Gasteiger partial charge in [-0.2, -0.15) is 0 Å². The van der Waals surface area contributed by atoms with Crippen LogP contribution >= 0.6 is 0 Å². The molecule has 0 radical (unpaired) electrons. The van der Waals surface area contributed by atoms with E-state index < -0.39 is 0 Å². The summed E-state index contributed by atoms with van der Waals surface area (Å²) in [5.74, 6) is 0. The van der Waals surface area contributed by atoms with Gasteiger partial charge in [0.2, 0.25) is 0 Å². The third-order valence-electron chi connectivity index (χ3n) is 3.28. The van der Waals surface area contributed by atoms with Gasteiger partial charge in [0.1, 0.15) is 0 Å². The highest BCUT2D eigenvalue weighted by Gasteiger charge is 2.22. The first-order valence-electron chi connectivity index (χ1n) is 6.73. The van der Waals surface area contributed by atoms with Crippen LogP contribution in [-0.4, -0.2) is 64.1 Å². The number of nitrogens with one attached hydrogen (secondary N) is 1. The van der Waals surface area contributed by atoms with Crippen LogP contribution in [0.2, 0.25) is 0 Å². The minimum Gasteiger partial charge on any atom is -0.385 e. The zero-order valence-electron chi connectivity index (χ0n) is 11.6. The van der Waals surface area contributed by atoms with Gasteiger partial charge in [-0.1, -0.05) is 0 Å². The lowest BCUT2D eigenvalue weighted by molar-refractivity contribution is 0.110. The van der Waals surface area contributed by atoms with Crippen molar-refractivity contribution in [1.29, 1.82) is 0 Å². The Kier molecular flexibility index (Phi) is 7.77. The molecule has 0 aromatic carbocycles. The molecule has 17 heavy (non-hydrogen) atoms. The topological polar surface area (TPSA) is 33.7 Å². The van der Waals surface area contributed by atoms with Crippen molar-refractivity contribution in [2.75, 3.05) is 47.1 Å². The summed E-state index contributed by atoms with van der Waals surface area (Å²) in [5.41, 5.74) is 0. The van der Waals surface area contributed by atoms with Crippen LogP contribution in [0.1, 0.15) is 26.2 Å². The van der Waals surface area contributed by atoms with Crippen molar-refractivity contribution in [3.63, 3.8) is 0 Å². The summed E-state index contributed by atoms with van der Waals surface area (Å²) in [6, 6.07) is 1.36. The van der Waals surface area contributed by atoms with E-state index in [1.54, 1.807) is 14.2 Å². The molecule has 1 rings (SSSR count). The van der Waals surface area contributed by atoms with Gasteiger partial charge in [-0.15, -0.1) is 0 Å². The molecule has 0 amide bonds. The first-order valence-corrected chi connectivity index (χ1v) is 6.73. The number of nitrogens with zero attached hydrogens (tertiary/aromatic N) is 1. The predicted octanol–water partition coefficient (Wildman–Crippen LogP) is 1.11. The van der Waals surface area contributed by atoms with E-state index in [-0.39, 0.29) is 0 Å². The molecular weight excluding hydrogens is 216 g/mol. The fourth-order valence-electron chi connectivity index (χ4n) is 1.93. The van der Waals surface area contributed by atoms with Crippen molar-refractivity contribution in [3.05, 3.63) is 0 Å². The van der Waals surface area contributed by atoms with E-state index in [0.29, 0.717) is 6.04 Å². The Balaban J connectivity index is 2.19. The zero-order valence-corrected chi connectivity index (χ0v) is 11.6. The molecule has 1 unspecified atom stereocenters. The Morgan fingerprint density at radius 1 is 1.18 bits per heavy atom. The van der Waals surface area contributed by atoms with Crippen LogP contribution in [0, 0.1) is 0 Å². The predicted molar refractivity (Wildman–Crippen MR) is 70.4 cm³/mol. The second-order valence-electron chi connectivity index (χ2n) is 4.91. The van der Waals surface area contributed by atoms with E-state index in [1.165, 1.54) is 12.8 Å². The van der Waals surface area contributed by atoms with Crippen LogP contribution in [-0.2, 0) is 9.47 Å². The van der Waals surface area contributed by atoms with Crippen molar-refractivity contribution >= 4 is 0 Å². The summed E-state index contributed by atoms with van der Waals surface area (Å²) in [6.45, 7) is 7.12. The highest BCUT2D eigenvalue weighted by molar-refractivity contribution is 4.83. The average Bonchev–Trinajstić information content (AvgIpc) is 3.14. The number of hydrogen-bond acceptors (Lipinski definition) is 4. The Hall–Kier alpha value is -0.160. The average molecular weight is 244 g/mol. The van der Waals surface area contributed by atoms with E-state index in [2.05, 4.69) is 17.1 Å². The maximum atomic E-state index is 5.17. The molecule has 0 spiro atoms. The van der Waals surface area contributed by atoms with Crippen LogP contribution in [0.3, 0.4) is 0 Å². The summed E-state index contributed by atoms with van der Waals surface area (Å²) in [7, 11) is 3.53. The smallest absolute Gasteiger partial charge is 0.0589 e. The molecule has 102 valence electrons.